The van der Waals surface area contributed by atoms with Crippen molar-refractivity contribution in [2.75, 3.05) is 0 Å². The van der Waals surface area contributed by atoms with E-state index < -0.39 is 5.60 Å². The van der Waals surface area contributed by atoms with Crippen molar-refractivity contribution < 1.29 is 5.11 Å². The van der Waals surface area contributed by atoms with Crippen molar-refractivity contribution in [2.45, 2.75) is 65.9 Å². The highest BCUT2D eigenvalue weighted by Crippen LogP contribution is 2.13. The van der Waals surface area contributed by atoms with Crippen LogP contribution in [-0.2, 0) is 0 Å². The van der Waals surface area contributed by atoms with Crippen LogP contribution in [0.2, 0.25) is 0 Å². The van der Waals surface area contributed by atoms with Crippen molar-refractivity contribution in [3.63, 3.8) is 0 Å². The first-order chi connectivity index (χ1) is 6.81. The van der Waals surface area contributed by atoms with Gasteiger partial charge in [-0.1, -0.05) is 23.3 Å². The minimum Gasteiger partial charge on any atom is -0.390 e. The van der Waals surface area contributed by atoms with Crippen molar-refractivity contribution >= 4 is 0 Å². The molecular formula is C14H26O. The Labute approximate surface area is 94.9 Å². The zero-order valence-corrected chi connectivity index (χ0v) is 10.9. The van der Waals surface area contributed by atoms with Crippen molar-refractivity contribution in [1.29, 1.82) is 0 Å². The van der Waals surface area contributed by atoms with Gasteiger partial charge in [0.2, 0.25) is 0 Å². The summed E-state index contributed by atoms with van der Waals surface area (Å²) in [7, 11) is 0. The molecule has 0 unspecified atom stereocenters. The van der Waals surface area contributed by atoms with Crippen LogP contribution >= 0.6 is 0 Å². The predicted molar refractivity (Wildman–Crippen MR) is 68.0 cm³/mol. The maximum Gasteiger partial charge on any atom is 0.0594 e. The van der Waals surface area contributed by atoms with Crippen LogP contribution in [0.15, 0.2) is 23.3 Å². The van der Waals surface area contributed by atoms with E-state index in [2.05, 4.69) is 32.9 Å². The average molecular weight is 210 g/mol. The maximum atomic E-state index is 9.54. The van der Waals surface area contributed by atoms with E-state index in [0.717, 1.165) is 25.7 Å². The lowest BCUT2D eigenvalue weighted by atomic mass is 10.0. The van der Waals surface area contributed by atoms with Crippen LogP contribution in [0.5, 0.6) is 0 Å². The molecule has 0 atom stereocenters. The quantitative estimate of drug-likeness (QED) is 0.650. The minimum absolute atomic E-state index is 0.531. The molecule has 0 aliphatic heterocycles. The van der Waals surface area contributed by atoms with Crippen LogP contribution in [0.3, 0.4) is 0 Å². The van der Waals surface area contributed by atoms with E-state index in [-0.39, 0.29) is 0 Å². The summed E-state index contributed by atoms with van der Waals surface area (Å²) < 4.78 is 0. The fraction of sp³-hybridized carbons (Fsp3) is 0.714. The Balaban J connectivity index is 3.75. The summed E-state index contributed by atoms with van der Waals surface area (Å²) >= 11 is 0. The van der Waals surface area contributed by atoms with Crippen LogP contribution in [0, 0.1) is 0 Å². The van der Waals surface area contributed by atoms with E-state index in [1.807, 2.05) is 13.8 Å². The maximum absolute atomic E-state index is 9.54. The van der Waals surface area contributed by atoms with Gasteiger partial charge in [-0.25, -0.2) is 0 Å². The van der Waals surface area contributed by atoms with Crippen molar-refractivity contribution in [3.05, 3.63) is 23.3 Å². The Morgan fingerprint density at radius 3 is 2.13 bits per heavy atom. The largest absolute Gasteiger partial charge is 0.390 e. The van der Waals surface area contributed by atoms with Gasteiger partial charge in [0.15, 0.2) is 0 Å². The van der Waals surface area contributed by atoms with Gasteiger partial charge in [0.25, 0.3) is 0 Å². The third-order valence-corrected chi connectivity index (χ3v) is 2.34. The molecule has 0 heterocycles. The molecular weight excluding hydrogens is 184 g/mol. The van der Waals surface area contributed by atoms with Crippen molar-refractivity contribution in [1.82, 2.24) is 0 Å². The van der Waals surface area contributed by atoms with Crippen LogP contribution in [0.25, 0.3) is 0 Å². The van der Waals surface area contributed by atoms with E-state index >= 15 is 0 Å². The number of hydrogen-bond donors (Lipinski definition) is 1. The Kier molecular flexibility index (Phi) is 6.58. The molecule has 0 rings (SSSR count). The molecule has 0 fully saturated rings. The number of rotatable bonds is 6. The summed E-state index contributed by atoms with van der Waals surface area (Å²) in [6.07, 6.45) is 8.60. The first kappa shape index (κ1) is 14.4. The Morgan fingerprint density at radius 2 is 1.67 bits per heavy atom. The summed E-state index contributed by atoms with van der Waals surface area (Å²) in [6.45, 7) is 10.2. The van der Waals surface area contributed by atoms with Crippen LogP contribution in [0.1, 0.15) is 60.3 Å². The van der Waals surface area contributed by atoms with Gasteiger partial charge in [-0.3, -0.25) is 0 Å². The monoisotopic (exact) mass is 210 g/mol. The summed E-state index contributed by atoms with van der Waals surface area (Å²) in [5.41, 5.74) is 2.28. The Morgan fingerprint density at radius 1 is 1.07 bits per heavy atom. The lowest BCUT2D eigenvalue weighted by molar-refractivity contribution is 0.0721. The van der Waals surface area contributed by atoms with Gasteiger partial charge in [0.05, 0.1) is 5.60 Å². The highest BCUT2D eigenvalue weighted by atomic mass is 16.3. The summed E-state index contributed by atoms with van der Waals surface area (Å²) in [4.78, 5) is 0. The molecule has 0 radical (unpaired) electrons. The molecule has 1 heteroatoms. The second-order valence-corrected chi connectivity index (χ2v) is 5.22. The standard InChI is InChI=1S/C14H26O/c1-12(2)8-6-9-13(3)10-7-11-14(4,5)15/h8,10,15H,6-7,9,11H2,1-5H3/b13-10-. The van der Waals surface area contributed by atoms with E-state index in [4.69, 9.17) is 0 Å². The summed E-state index contributed by atoms with van der Waals surface area (Å²) in [6, 6.07) is 0. The van der Waals surface area contributed by atoms with Crippen LogP contribution < -0.4 is 0 Å². The third kappa shape index (κ3) is 11.4. The molecule has 0 saturated carbocycles. The third-order valence-electron chi connectivity index (χ3n) is 2.34. The van der Waals surface area contributed by atoms with E-state index in [1.165, 1.54) is 11.1 Å². The fourth-order valence-corrected chi connectivity index (χ4v) is 1.36. The lowest BCUT2D eigenvalue weighted by Gasteiger charge is -2.15. The molecule has 88 valence electrons. The van der Waals surface area contributed by atoms with E-state index in [0.29, 0.717) is 0 Å². The van der Waals surface area contributed by atoms with Gasteiger partial charge in [-0.05, 0) is 60.3 Å². The number of aliphatic hydroxyl groups is 1. The van der Waals surface area contributed by atoms with Gasteiger partial charge in [0.1, 0.15) is 0 Å². The molecule has 0 aromatic heterocycles. The molecule has 0 aliphatic rings. The zero-order valence-electron chi connectivity index (χ0n) is 10.9. The molecule has 15 heavy (non-hydrogen) atoms. The first-order valence-corrected chi connectivity index (χ1v) is 5.82. The molecule has 0 spiro atoms. The first-order valence-electron chi connectivity index (χ1n) is 5.82. The predicted octanol–water partition coefficient (Wildman–Crippen LogP) is 4.23. The van der Waals surface area contributed by atoms with Crippen LogP contribution in [0.4, 0.5) is 0 Å². The lowest BCUT2D eigenvalue weighted by Crippen LogP contribution is -2.17. The highest BCUT2D eigenvalue weighted by molar-refractivity contribution is 5.02. The molecule has 0 aliphatic carbocycles. The highest BCUT2D eigenvalue weighted by Gasteiger charge is 2.09. The zero-order chi connectivity index (χ0) is 11.9. The van der Waals surface area contributed by atoms with E-state index in [1.54, 1.807) is 0 Å². The van der Waals surface area contributed by atoms with Gasteiger partial charge >= 0.3 is 0 Å². The summed E-state index contributed by atoms with van der Waals surface area (Å²) in [5, 5.41) is 9.54. The molecule has 0 bridgehead atoms. The Hall–Kier alpha value is -0.560. The molecule has 0 amide bonds. The number of hydrogen-bond acceptors (Lipinski definition) is 1. The van der Waals surface area contributed by atoms with Gasteiger partial charge in [-0.15, -0.1) is 0 Å². The van der Waals surface area contributed by atoms with Crippen LogP contribution in [-0.4, -0.2) is 10.7 Å². The smallest absolute Gasteiger partial charge is 0.0594 e. The topological polar surface area (TPSA) is 20.2 Å². The SMILES string of the molecule is CC(C)=CCC/C(C)=C\CCC(C)(C)O. The number of allylic oxidation sites excluding steroid dienone is 4. The van der Waals surface area contributed by atoms with Crippen molar-refractivity contribution in [2.24, 2.45) is 0 Å². The summed E-state index contributed by atoms with van der Waals surface area (Å²) in [5.74, 6) is 0. The molecule has 0 aromatic carbocycles. The average Bonchev–Trinajstić information content (AvgIpc) is 2.00. The van der Waals surface area contributed by atoms with Crippen molar-refractivity contribution in [3.8, 4) is 0 Å². The normalized spacial score (nSPS) is 12.8. The molecule has 0 aromatic rings. The molecule has 1 N–H and O–H groups in total. The minimum atomic E-state index is -0.531. The fourth-order valence-electron chi connectivity index (χ4n) is 1.36. The molecule has 1 nitrogen and oxygen atoms in total. The van der Waals surface area contributed by atoms with Gasteiger partial charge in [-0.2, -0.15) is 0 Å². The second-order valence-electron chi connectivity index (χ2n) is 5.22. The second kappa shape index (κ2) is 6.84. The van der Waals surface area contributed by atoms with Gasteiger partial charge in [0, 0.05) is 0 Å². The van der Waals surface area contributed by atoms with E-state index in [9.17, 15) is 5.11 Å². The Bertz CT molecular complexity index is 224. The molecule has 0 saturated heterocycles. The van der Waals surface area contributed by atoms with Gasteiger partial charge < -0.3 is 5.11 Å².